The fraction of sp³-hybridized carbons (Fsp3) is 0.273. The quantitative estimate of drug-likeness (QED) is 0.681. The Balaban J connectivity index is 1.50. The highest BCUT2D eigenvalue weighted by Crippen LogP contribution is 2.33. The van der Waals surface area contributed by atoms with Crippen LogP contribution in [-0.4, -0.2) is 21.9 Å². The molecule has 0 unspecified atom stereocenters. The van der Waals surface area contributed by atoms with Gasteiger partial charge in [0.15, 0.2) is 11.5 Å². The first-order chi connectivity index (χ1) is 13.8. The summed E-state index contributed by atoms with van der Waals surface area (Å²) in [4.78, 5) is 39.9. The number of nitrogens with one attached hydrogen (secondary N) is 1. The zero-order valence-electron chi connectivity index (χ0n) is 16.2. The van der Waals surface area contributed by atoms with Gasteiger partial charge in [-0.15, -0.1) is 0 Å². The molecule has 3 aromatic rings. The average Bonchev–Trinajstić information content (AvgIpc) is 3.14. The number of carbonyl (C=O) groups is 2. The highest BCUT2D eigenvalue weighted by atomic mass is 16.5. The lowest BCUT2D eigenvalue weighted by atomic mass is 9.75. The highest BCUT2D eigenvalue weighted by Gasteiger charge is 2.32. The maximum absolute atomic E-state index is 12.4. The number of aromatic amines is 1. The maximum Gasteiger partial charge on any atom is 0.344 e. The lowest BCUT2D eigenvalue weighted by Gasteiger charge is -2.29. The molecule has 1 aromatic carbocycles. The predicted molar refractivity (Wildman–Crippen MR) is 105 cm³/mol. The second kappa shape index (κ2) is 7.16. The van der Waals surface area contributed by atoms with E-state index < -0.39 is 11.5 Å². The van der Waals surface area contributed by atoms with Crippen molar-refractivity contribution < 1.29 is 18.8 Å². The van der Waals surface area contributed by atoms with Crippen LogP contribution in [0.15, 0.2) is 51.8 Å². The van der Waals surface area contributed by atoms with Gasteiger partial charge in [-0.3, -0.25) is 9.59 Å². The van der Waals surface area contributed by atoms with E-state index in [0.29, 0.717) is 35.6 Å². The molecule has 0 saturated carbocycles. The van der Waals surface area contributed by atoms with Gasteiger partial charge >= 0.3 is 5.97 Å². The number of pyridine rings is 1. The summed E-state index contributed by atoms with van der Waals surface area (Å²) in [7, 11) is 0. The average molecular weight is 392 g/mol. The molecule has 148 valence electrons. The van der Waals surface area contributed by atoms with Crippen LogP contribution in [0.3, 0.4) is 0 Å². The van der Waals surface area contributed by atoms with Gasteiger partial charge in [0.2, 0.25) is 0 Å². The van der Waals surface area contributed by atoms with E-state index in [1.165, 1.54) is 6.07 Å². The van der Waals surface area contributed by atoms with Crippen molar-refractivity contribution in [3.8, 4) is 11.3 Å². The van der Waals surface area contributed by atoms with Crippen LogP contribution < -0.4 is 5.56 Å². The molecular weight excluding hydrogens is 372 g/mol. The normalized spacial score (nSPS) is 15.0. The zero-order valence-corrected chi connectivity index (χ0v) is 16.2. The third-order valence-electron chi connectivity index (χ3n) is 4.91. The molecule has 7 nitrogen and oxygen atoms in total. The van der Waals surface area contributed by atoms with Crippen molar-refractivity contribution in [3.63, 3.8) is 0 Å². The SMILES string of the molecule is CC1(C)CC(=O)c2cc(C(=O)OCc3cc(-c4ccccc4)on3)c(=O)[nH]c2C1. The molecule has 2 heterocycles. The lowest BCUT2D eigenvalue weighted by Crippen LogP contribution is -2.32. The maximum atomic E-state index is 12.4. The number of esters is 1. The molecule has 0 spiro atoms. The van der Waals surface area contributed by atoms with E-state index in [9.17, 15) is 14.4 Å². The number of ketones is 1. The van der Waals surface area contributed by atoms with Crippen LogP contribution in [-0.2, 0) is 17.8 Å². The van der Waals surface area contributed by atoms with Crippen molar-refractivity contribution in [1.29, 1.82) is 0 Å². The summed E-state index contributed by atoms with van der Waals surface area (Å²) < 4.78 is 10.5. The van der Waals surface area contributed by atoms with E-state index in [1.54, 1.807) is 6.07 Å². The largest absolute Gasteiger partial charge is 0.455 e. The second-order valence-corrected chi connectivity index (χ2v) is 7.97. The van der Waals surface area contributed by atoms with Crippen molar-refractivity contribution in [2.75, 3.05) is 0 Å². The Morgan fingerprint density at radius 2 is 1.93 bits per heavy atom. The van der Waals surface area contributed by atoms with Gasteiger partial charge < -0.3 is 14.2 Å². The lowest BCUT2D eigenvalue weighted by molar-refractivity contribution is 0.0462. The molecule has 2 aromatic heterocycles. The first kappa shape index (κ1) is 18.9. The fourth-order valence-corrected chi connectivity index (χ4v) is 3.52. The number of hydrogen-bond acceptors (Lipinski definition) is 6. The zero-order chi connectivity index (χ0) is 20.6. The summed E-state index contributed by atoms with van der Waals surface area (Å²) in [5.74, 6) is -0.349. The molecule has 1 N–H and O–H groups in total. The monoisotopic (exact) mass is 392 g/mol. The van der Waals surface area contributed by atoms with E-state index in [1.807, 2.05) is 44.2 Å². The molecule has 0 aliphatic heterocycles. The van der Waals surface area contributed by atoms with Gasteiger partial charge in [0.1, 0.15) is 17.9 Å². The summed E-state index contributed by atoms with van der Waals surface area (Å²) in [6.07, 6.45) is 0.932. The van der Waals surface area contributed by atoms with Gasteiger partial charge in [-0.25, -0.2) is 4.79 Å². The molecule has 1 aliphatic rings. The summed E-state index contributed by atoms with van der Waals surface area (Å²) in [5, 5.41) is 3.89. The van der Waals surface area contributed by atoms with E-state index in [-0.39, 0.29) is 23.4 Å². The number of carbonyl (C=O) groups excluding carboxylic acids is 2. The smallest absolute Gasteiger partial charge is 0.344 e. The van der Waals surface area contributed by atoms with Crippen LogP contribution in [0.2, 0.25) is 0 Å². The van der Waals surface area contributed by atoms with Crippen LogP contribution in [0, 0.1) is 5.41 Å². The third kappa shape index (κ3) is 3.89. The number of Topliss-reactive ketones (excluding diaryl/α,β-unsaturated/α-hetero) is 1. The van der Waals surface area contributed by atoms with Crippen LogP contribution in [0.5, 0.6) is 0 Å². The molecule has 7 heteroatoms. The van der Waals surface area contributed by atoms with Crippen LogP contribution in [0.25, 0.3) is 11.3 Å². The molecule has 4 rings (SSSR count). The number of rotatable bonds is 4. The first-order valence-corrected chi connectivity index (χ1v) is 9.30. The van der Waals surface area contributed by atoms with Crippen LogP contribution >= 0.6 is 0 Å². The molecule has 29 heavy (non-hydrogen) atoms. The summed E-state index contributed by atoms with van der Waals surface area (Å²) in [6, 6.07) is 12.4. The minimum atomic E-state index is -0.809. The summed E-state index contributed by atoms with van der Waals surface area (Å²) >= 11 is 0. The first-order valence-electron chi connectivity index (χ1n) is 9.30. The Bertz CT molecular complexity index is 1140. The van der Waals surface area contributed by atoms with Gasteiger partial charge in [0.25, 0.3) is 5.56 Å². The number of benzene rings is 1. The van der Waals surface area contributed by atoms with Crippen molar-refractivity contribution in [1.82, 2.24) is 10.1 Å². The molecule has 0 atom stereocenters. The van der Waals surface area contributed by atoms with Gasteiger partial charge in [-0.05, 0) is 17.9 Å². The molecular formula is C22H20N2O5. The minimum Gasteiger partial charge on any atom is -0.455 e. The summed E-state index contributed by atoms with van der Waals surface area (Å²) in [5.41, 5.74) is 1.24. The molecule has 0 fully saturated rings. The van der Waals surface area contributed by atoms with E-state index in [4.69, 9.17) is 9.26 Å². The molecule has 0 radical (unpaired) electrons. The Morgan fingerprint density at radius 3 is 2.69 bits per heavy atom. The number of H-pyrrole nitrogens is 1. The van der Waals surface area contributed by atoms with Gasteiger partial charge in [0, 0.05) is 29.3 Å². The number of fused-ring (bicyclic) bond motifs is 1. The Kier molecular flexibility index (Phi) is 4.66. The van der Waals surface area contributed by atoms with Crippen molar-refractivity contribution >= 4 is 11.8 Å². The minimum absolute atomic E-state index is 0.0921. The van der Waals surface area contributed by atoms with Gasteiger partial charge in [-0.2, -0.15) is 0 Å². The van der Waals surface area contributed by atoms with Crippen LogP contribution in [0.1, 0.15) is 52.4 Å². The number of aromatic nitrogens is 2. The Morgan fingerprint density at radius 1 is 1.17 bits per heavy atom. The van der Waals surface area contributed by atoms with Crippen molar-refractivity contribution in [2.45, 2.75) is 33.3 Å². The van der Waals surface area contributed by atoms with Crippen molar-refractivity contribution in [2.24, 2.45) is 5.41 Å². The third-order valence-corrected chi connectivity index (χ3v) is 4.91. The molecule has 1 aliphatic carbocycles. The number of nitrogens with zero attached hydrogens (tertiary/aromatic N) is 1. The molecule has 0 saturated heterocycles. The van der Waals surface area contributed by atoms with Crippen LogP contribution in [0.4, 0.5) is 0 Å². The Labute approximate surface area is 166 Å². The second-order valence-electron chi connectivity index (χ2n) is 7.97. The molecule has 0 amide bonds. The number of ether oxygens (including phenoxy) is 1. The standard InChI is InChI=1S/C22H20N2O5/c1-22(2)10-17-15(18(25)11-22)9-16(20(26)23-17)21(27)28-12-14-8-19(29-24-14)13-6-4-3-5-7-13/h3-9H,10-12H2,1-2H3,(H,23,26). The van der Waals surface area contributed by atoms with E-state index >= 15 is 0 Å². The van der Waals surface area contributed by atoms with Gasteiger partial charge in [-0.1, -0.05) is 49.3 Å². The van der Waals surface area contributed by atoms with E-state index in [0.717, 1.165) is 5.56 Å². The Hall–Kier alpha value is -3.48. The number of hydrogen-bond donors (Lipinski definition) is 1. The van der Waals surface area contributed by atoms with E-state index in [2.05, 4.69) is 10.1 Å². The summed E-state index contributed by atoms with van der Waals surface area (Å²) in [6.45, 7) is 3.79. The predicted octanol–water partition coefficient (Wildman–Crippen LogP) is 3.54. The van der Waals surface area contributed by atoms with Crippen molar-refractivity contribution in [3.05, 3.63) is 75.3 Å². The molecule has 0 bridgehead atoms. The fourth-order valence-electron chi connectivity index (χ4n) is 3.52. The van der Waals surface area contributed by atoms with Gasteiger partial charge in [0.05, 0.1) is 0 Å². The topological polar surface area (TPSA) is 102 Å². The highest BCUT2D eigenvalue weighted by molar-refractivity contribution is 6.01.